The lowest BCUT2D eigenvalue weighted by molar-refractivity contribution is 0.213. The van der Waals surface area contributed by atoms with Gasteiger partial charge in [-0.25, -0.2) is 0 Å². The molecule has 0 amide bonds. The van der Waals surface area contributed by atoms with Gasteiger partial charge in [0.2, 0.25) is 0 Å². The van der Waals surface area contributed by atoms with E-state index in [0.717, 1.165) is 0 Å². The van der Waals surface area contributed by atoms with Crippen LogP contribution in [0.5, 0.6) is 0 Å². The second-order valence-electron chi connectivity index (χ2n) is 5.60. The second-order valence-corrected chi connectivity index (χ2v) is 9.03. The lowest BCUT2D eigenvalue weighted by atomic mass is 10.4. The van der Waals surface area contributed by atoms with Crippen molar-refractivity contribution in [2.75, 3.05) is 13.0 Å². The molecule has 0 aliphatic heterocycles. The van der Waals surface area contributed by atoms with Crippen molar-refractivity contribution in [2.24, 2.45) is 0 Å². The Morgan fingerprint density at radius 1 is 0.667 bits per heavy atom. The van der Waals surface area contributed by atoms with E-state index in [1.165, 1.54) is 15.9 Å². The predicted octanol–water partition coefficient (Wildman–Crippen LogP) is 4.14. The quantitative estimate of drug-likeness (QED) is 0.359. The summed E-state index contributed by atoms with van der Waals surface area (Å²) >= 11 is 0. The SMILES string of the molecule is C=CCOC[P+](c1ccccc1)(c1ccccc1)c1ccccc1. The molecule has 0 fully saturated rings. The van der Waals surface area contributed by atoms with Crippen molar-refractivity contribution >= 4 is 23.2 Å². The fraction of sp³-hybridized carbons (Fsp3) is 0.0909. The first kappa shape index (κ1) is 16.6. The zero-order chi connectivity index (χ0) is 16.7. The molecule has 120 valence electrons. The molecule has 0 radical (unpaired) electrons. The summed E-state index contributed by atoms with van der Waals surface area (Å²) in [6.07, 6.45) is 2.49. The Hall–Kier alpha value is -2.21. The van der Waals surface area contributed by atoms with Gasteiger partial charge in [0.25, 0.3) is 0 Å². The molecule has 0 N–H and O–H groups in total. The Kier molecular flexibility index (Phi) is 5.59. The highest BCUT2D eigenvalue weighted by atomic mass is 31.2. The van der Waals surface area contributed by atoms with Gasteiger partial charge in [-0.15, -0.1) is 6.58 Å². The summed E-state index contributed by atoms with van der Waals surface area (Å²) in [7, 11) is -1.85. The van der Waals surface area contributed by atoms with E-state index in [-0.39, 0.29) is 0 Å². The lowest BCUT2D eigenvalue weighted by Crippen LogP contribution is -2.34. The maximum atomic E-state index is 6.04. The van der Waals surface area contributed by atoms with E-state index in [2.05, 4.69) is 97.6 Å². The van der Waals surface area contributed by atoms with Gasteiger partial charge in [-0.3, -0.25) is 0 Å². The Morgan fingerprint density at radius 3 is 1.38 bits per heavy atom. The summed E-state index contributed by atoms with van der Waals surface area (Å²) in [4.78, 5) is 0. The summed E-state index contributed by atoms with van der Waals surface area (Å²) in [5, 5.41) is 4.02. The van der Waals surface area contributed by atoms with Gasteiger partial charge < -0.3 is 4.74 Å². The van der Waals surface area contributed by atoms with Gasteiger partial charge >= 0.3 is 0 Å². The van der Waals surface area contributed by atoms with Crippen molar-refractivity contribution in [2.45, 2.75) is 0 Å². The van der Waals surface area contributed by atoms with Crippen molar-refractivity contribution in [3.63, 3.8) is 0 Å². The third kappa shape index (κ3) is 3.33. The first-order chi connectivity index (χ1) is 11.9. The van der Waals surface area contributed by atoms with Crippen LogP contribution in [0, 0.1) is 0 Å². The molecule has 0 unspecified atom stereocenters. The average Bonchev–Trinajstić information content (AvgIpc) is 2.68. The summed E-state index contributed by atoms with van der Waals surface area (Å²) < 4.78 is 6.04. The van der Waals surface area contributed by atoms with Crippen LogP contribution < -0.4 is 15.9 Å². The number of ether oxygens (including phenoxy) is 1. The molecule has 0 saturated heterocycles. The molecule has 3 rings (SSSR count). The zero-order valence-corrected chi connectivity index (χ0v) is 14.6. The van der Waals surface area contributed by atoms with Gasteiger partial charge in [-0.1, -0.05) is 60.7 Å². The van der Waals surface area contributed by atoms with E-state index in [1.807, 2.05) is 6.08 Å². The fourth-order valence-electron chi connectivity index (χ4n) is 2.99. The van der Waals surface area contributed by atoms with Gasteiger partial charge in [0.05, 0.1) is 6.61 Å². The molecule has 24 heavy (non-hydrogen) atoms. The highest BCUT2D eigenvalue weighted by Gasteiger charge is 2.45. The Balaban J connectivity index is 2.22. The number of hydrogen-bond acceptors (Lipinski definition) is 1. The van der Waals surface area contributed by atoms with E-state index in [1.54, 1.807) is 0 Å². The summed E-state index contributed by atoms with van der Waals surface area (Å²) in [5.74, 6) is 0. The molecule has 0 saturated carbocycles. The molecule has 0 bridgehead atoms. The predicted molar refractivity (Wildman–Crippen MR) is 106 cm³/mol. The van der Waals surface area contributed by atoms with Crippen LogP contribution in [0.15, 0.2) is 104 Å². The van der Waals surface area contributed by atoms with E-state index in [4.69, 9.17) is 4.74 Å². The van der Waals surface area contributed by atoms with Crippen LogP contribution in [0.3, 0.4) is 0 Å². The van der Waals surface area contributed by atoms with Crippen LogP contribution in [0.4, 0.5) is 0 Å². The van der Waals surface area contributed by atoms with Crippen LogP contribution in [-0.2, 0) is 4.74 Å². The number of rotatable bonds is 7. The second kappa shape index (κ2) is 8.06. The van der Waals surface area contributed by atoms with E-state index < -0.39 is 7.26 Å². The topological polar surface area (TPSA) is 9.23 Å². The van der Waals surface area contributed by atoms with Gasteiger partial charge in [0, 0.05) is 0 Å². The van der Waals surface area contributed by atoms with Crippen molar-refractivity contribution in [3.05, 3.63) is 104 Å². The minimum absolute atomic E-state index is 0.564. The number of benzene rings is 3. The Labute approximate surface area is 145 Å². The van der Waals surface area contributed by atoms with Crippen LogP contribution in [0.25, 0.3) is 0 Å². The fourth-order valence-corrected chi connectivity index (χ4v) is 6.76. The minimum atomic E-state index is -1.85. The minimum Gasteiger partial charge on any atom is -0.341 e. The van der Waals surface area contributed by atoms with Crippen molar-refractivity contribution in [1.29, 1.82) is 0 Å². The standard InChI is InChI=1S/C22H22OP/c1-2-18-23-19-24(20-12-6-3-7-13-20,21-14-8-4-9-15-21)22-16-10-5-11-17-22/h2-17H,1,18-19H2/q+1. The van der Waals surface area contributed by atoms with E-state index in [9.17, 15) is 0 Å². The normalized spacial score (nSPS) is 11.2. The van der Waals surface area contributed by atoms with Crippen LogP contribution in [0.1, 0.15) is 0 Å². The zero-order valence-electron chi connectivity index (χ0n) is 13.7. The number of hydrogen-bond donors (Lipinski definition) is 0. The molecule has 2 heteroatoms. The molecule has 0 atom stereocenters. The third-order valence-corrected chi connectivity index (χ3v) is 8.22. The highest BCUT2D eigenvalue weighted by molar-refractivity contribution is 7.95. The molecule has 3 aromatic rings. The first-order valence-electron chi connectivity index (χ1n) is 8.11. The van der Waals surface area contributed by atoms with Gasteiger partial charge in [0.1, 0.15) is 23.2 Å². The first-order valence-corrected chi connectivity index (χ1v) is 10.1. The molecule has 1 nitrogen and oxygen atoms in total. The molecule has 0 spiro atoms. The lowest BCUT2D eigenvalue weighted by Gasteiger charge is -2.27. The molecule has 0 heterocycles. The van der Waals surface area contributed by atoms with Crippen LogP contribution in [-0.4, -0.2) is 13.0 Å². The van der Waals surface area contributed by atoms with Gasteiger partial charge in [0.15, 0.2) is 6.35 Å². The third-order valence-electron chi connectivity index (χ3n) is 4.11. The summed E-state index contributed by atoms with van der Waals surface area (Å²) in [6.45, 7) is 4.35. The van der Waals surface area contributed by atoms with Crippen molar-refractivity contribution in [3.8, 4) is 0 Å². The molecular weight excluding hydrogens is 311 g/mol. The van der Waals surface area contributed by atoms with Crippen LogP contribution in [0.2, 0.25) is 0 Å². The van der Waals surface area contributed by atoms with Gasteiger partial charge in [-0.05, 0) is 36.4 Å². The Bertz CT molecular complexity index is 657. The Morgan fingerprint density at radius 2 is 1.04 bits per heavy atom. The highest BCUT2D eigenvalue weighted by Crippen LogP contribution is 2.55. The van der Waals surface area contributed by atoms with Crippen LogP contribution >= 0.6 is 7.26 Å². The average molecular weight is 333 g/mol. The van der Waals surface area contributed by atoms with Crippen molar-refractivity contribution in [1.82, 2.24) is 0 Å². The maximum Gasteiger partial charge on any atom is 0.171 e. The molecule has 0 aliphatic rings. The molecular formula is C22H22OP+. The van der Waals surface area contributed by atoms with E-state index in [0.29, 0.717) is 13.0 Å². The largest absolute Gasteiger partial charge is 0.341 e. The summed E-state index contributed by atoms with van der Waals surface area (Å²) in [5.41, 5.74) is 0. The smallest absolute Gasteiger partial charge is 0.171 e. The maximum absolute atomic E-state index is 6.04. The monoisotopic (exact) mass is 333 g/mol. The summed E-state index contributed by atoms with van der Waals surface area (Å²) in [6, 6.07) is 32.3. The molecule has 3 aromatic carbocycles. The molecule has 0 aromatic heterocycles. The van der Waals surface area contributed by atoms with Crippen molar-refractivity contribution < 1.29 is 4.74 Å². The van der Waals surface area contributed by atoms with E-state index >= 15 is 0 Å². The molecule has 0 aliphatic carbocycles. The van der Waals surface area contributed by atoms with Gasteiger partial charge in [-0.2, -0.15) is 0 Å².